The predicted octanol–water partition coefficient (Wildman–Crippen LogP) is 4.78. The molecule has 0 atom stereocenters. The lowest BCUT2D eigenvalue weighted by Gasteiger charge is -1.97. The first kappa shape index (κ1) is 12.7. The Balaban J connectivity index is 1.79. The van der Waals surface area contributed by atoms with Crippen LogP contribution in [0.1, 0.15) is 44.0 Å². The lowest BCUT2D eigenvalue weighted by atomic mass is 10.1. The van der Waals surface area contributed by atoms with Crippen molar-refractivity contribution in [3.05, 3.63) is 21.3 Å². The summed E-state index contributed by atoms with van der Waals surface area (Å²) in [6, 6.07) is 0. The highest BCUT2D eigenvalue weighted by Crippen LogP contribution is 2.22. The van der Waals surface area contributed by atoms with Gasteiger partial charge < -0.3 is 0 Å². The van der Waals surface area contributed by atoms with Crippen molar-refractivity contribution < 1.29 is 0 Å². The first-order valence-corrected chi connectivity index (χ1v) is 8.05. The van der Waals surface area contributed by atoms with Gasteiger partial charge in [-0.3, -0.25) is 0 Å². The number of thiazole rings is 2. The normalized spacial score (nSPS) is 10.9. The van der Waals surface area contributed by atoms with Crippen LogP contribution in [0.2, 0.25) is 0 Å². The Morgan fingerprint density at radius 3 is 2.71 bits per heavy atom. The first-order valence-electron chi connectivity index (χ1n) is 6.23. The zero-order chi connectivity index (χ0) is 11.9. The highest BCUT2D eigenvalue weighted by Gasteiger charge is 2.05. The third kappa shape index (κ3) is 3.89. The maximum Gasteiger partial charge on any atom is 0.101 e. The van der Waals surface area contributed by atoms with Crippen molar-refractivity contribution in [2.45, 2.75) is 45.4 Å². The van der Waals surface area contributed by atoms with E-state index in [1.54, 1.807) is 22.7 Å². The zero-order valence-electron chi connectivity index (χ0n) is 10.2. The highest BCUT2D eigenvalue weighted by molar-refractivity contribution is 7.10. The van der Waals surface area contributed by atoms with Gasteiger partial charge in [-0.15, -0.1) is 22.7 Å². The second-order valence-electron chi connectivity index (χ2n) is 4.16. The van der Waals surface area contributed by atoms with E-state index in [0.717, 1.165) is 17.8 Å². The van der Waals surface area contributed by atoms with Gasteiger partial charge in [0.05, 0.1) is 10.5 Å². The third-order valence-corrected chi connectivity index (χ3v) is 4.24. The molecular weight excluding hydrogens is 248 g/mol. The van der Waals surface area contributed by atoms with Crippen molar-refractivity contribution in [3.8, 4) is 11.4 Å². The molecule has 0 fully saturated rings. The Kier molecular flexibility index (Phi) is 5.13. The van der Waals surface area contributed by atoms with Gasteiger partial charge in [-0.05, 0) is 12.8 Å². The minimum Gasteiger partial charge on any atom is -0.243 e. The van der Waals surface area contributed by atoms with Crippen molar-refractivity contribution in [2.24, 2.45) is 0 Å². The van der Waals surface area contributed by atoms with Gasteiger partial charge in [-0.25, -0.2) is 9.97 Å². The summed E-state index contributed by atoms with van der Waals surface area (Å²) in [5.74, 6) is 0. The van der Waals surface area contributed by atoms with Gasteiger partial charge in [0.2, 0.25) is 0 Å². The van der Waals surface area contributed by atoms with Crippen molar-refractivity contribution in [3.63, 3.8) is 0 Å². The maximum absolute atomic E-state index is 4.63. The molecule has 0 aliphatic carbocycles. The molecule has 0 aromatic carbocycles. The van der Waals surface area contributed by atoms with Gasteiger partial charge in [0.25, 0.3) is 0 Å². The van der Waals surface area contributed by atoms with E-state index in [4.69, 9.17) is 0 Å². The quantitative estimate of drug-likeness (QED) is 0.674. The molecule has 0 amide bonds. The minimum absolute atomic E-state index is 1.02. The molecule has 4 heteroatoms. The molecule has 2 nitrogen and oxygen atoms in total. The number of unbranched alkanes of at least 4 members (excludes halogenated alkanes) is 4. The molecule has 0 unspecified atom stereocenters. The van der Waals surface area contributed by atoms with E-state index in [1.807, 2.05) is 5.51 Å². The molecule has 0 radical (unpaired) electrons. The molecule has 2 aromatic rings. The lowest BCUT2D eigenvalue weighted by molar-refractivity contribution is 0.631. The molecule has 17 heavy (non-hydrogen) atoms. The second kappa shape index (κ2) is 6.87. The van der Waals surface area contributed by atoms with Crippen molar-refractivity contribution in [2.75, 3.05) is 0 Å². The van der Waals surface area contributed by atoms with E-state index < -0.39 is 0 Å². The molecule has 0 N–H and O–H groups in total. The Morgan fingerprint density at radius 2 is 1.94 bits per heavy atom. The Morgan fingerprint density at radius 1 is 1.06 bits per heavy atom. The van der Waals surface area contributed by atoms with Gasteiger partial charge >= 0.3 is 0 Å². The molecule has 0 aliphatic rings. The maximum atomic E-state index is 4.63. The molecule has 0 spiro atoms. The van der Waals surface area contributed by atoms with E-state index in [9.17, 15) is 0 Å². The van der Waals surface area contributed by atoms with Crippen LogP contribution in [0, 0.1) is 0 Å². The number of hydrogen-bond acceptors (Lipinski definition) is 4. The standard InChI is InChI=1S/C13H18N2S2/c1-2-3-4-5-6-7-13-15-12(9-17-13)11-8-16-10-14-11/h8-10H,2-7H2,1H3. The van der Waals surface area contributed by atoms with Crippen LogP contribution in [0.4, 0.5) is 0 Å². The van der Waals surface area contributed by atoms with Gasteiger partial charge in [-0.2, -0.15) is 0 Å². The number of nitrogens with zero attached hydrogens (tertiary/aromatic N) is 2. The van der Waals surface area contributed by atoms with Crippen LogP contribution < -0.4 is 0 Å². The van der Waals surface area contributed by atoms with Crippen LogP contribution >= 0.6 is 22.7 Å². The van der Waals surface area contributed by atoms with Crippen LogP contribution in [-0.4, -0.2) is 9.97 Å². The van der Waals surface area contributed by atoms with E-state index >= 15 is 0 Å². The number of aromatic nitrogens is 2. The second-order valence-corrected chi connectivity index (χ2v) is 5.83. The van der Waals surface area contributed by atoms with Gasteiger partial charge in [0.1, 0.15) is 11.4 Å². The molecule has 0 aliphatic heterocycles. The fourth-order valence-corrected chi connectivity index (χ4v) is 3.14. The van der Waals surface area contributed by atoms with Crippen molar-refractivity contribution in [1.29, 1.82) is 0 Å². The first-order chi connectivity index (χ1) is 8.40. The lowest BCUT2D eigenvalue weighted by Crippen LogP contribution is -1.85. The largest absolute Gasteiger partial charge is 0.243 e. The summed E-state index contributed by atoms with van der Waals surface area (Å²) < 4.78 is 0. The van der Waals surface area contributed by atoms with Gasteiger partial charge in [0.15, 0.2) is 0 Å². The predicted molar refractivity (Wildman–Crippen MR) is 75.7 cm³/mol. The highest BCUT2D eigenvalue weighted by atomic mass is 32.1. The Bertz CT molecular complexity index is 420. The third-order valence-electron chi connectivity index (χ3n) is 2.74. The van der Waals surface area contributed by atoms with Crippen LogP contribution in [-0.2, 0) is 6.42 Å². The molecule has 2 heterocycles. The fourth-order valence-electron chi connectivity index (χ4n) is 1.76. The smallest absolute Gasteiger partial charge is 0.101 e. The van der Waals surface area contributed by atoms with Crippen molar-refractivity contribution in [1.82, 2.24) is 9.97 Å². The molecule has 0 saturated heterocycles. The molecule has 2 aromatic heterocycles. The van der Waals surface area contributed by atoms with Crippen molar-refractivity contribution >= 4 is 22.7 Å². The van der Waals surface area contributed by atoms with E-state index in [2.05, 4.69) is 27.7 Å². The molecule has 0 saturated carbocycles. The molecule has 92 valence electrons. The summed E-state index contributed by atoms with van der Waals surface area (Å²) in [4.78, 5) is 8.92. The monoisotopic (exact) mass is 266 g/mol. The zero-order valence-corrected chi connectivity index (χ0v) is 11.8. The van der Waals surface area contributed by atoms with E-state index in [-0.39, 0.29) is 0 Å². The molecule has 0 bridgehead atoms. The summed E-state index contributed by atoms with van der Waals surface area (Å²) >= 11 is 3.39. The van der Waals surface area contributed by atoms with Gasteiger partial charge in [0, 0.05) is 10.8 Å². The minimum atomic E-state index is 1.02. The van der Waals surface area contributed by atoms with Crippen LogP contribution in [0.5, 0.6) is 0 Å². The number of hydrogen-bond donors (Lipinski definition) is 0. The Hall–Kier alpha value is -0.740. The molecular formula is C13H18N2S2. The van der Waals surface area contributed by atoms with Crippen LogP contribution in [0.15, 0.2) is 16.3 Å². The molecule has 2 rings (SSSR count). The Labute approximate surface area is 111 Å². The summed E-state index contributed by atoms with van der Waals surface area (Å²) in [6.07, 6.45) is 7.76. The summed E-state index contributed by atoms with van der Waals surface area (Å²) in [7, 11) is 0. The van der Waals surface area contributed by atoms with Crippen LogP contribution in [0.25, 0.3) is 11.4 Å². The van der Waals surface area contributed by atoms with Gasteiger partial charge in [-0.1, -0.05) is 32.6 Å². The number of rotatable bonds is 7. The summed E-state index contributed by atoms with van der Waals surface area (Å²) in [5.41, 5.74) is 3.92. The summed E-state index contributed by atoms with van der Waals surface area (Å²) in [6.45, 7) is 2.25. The van der Waals surface area contributed by atoms with Crippen LogP contribution in [0.3, 0.4) is 0 Å². The van der Waals surface area contributed by atoms with E-state index in [1.165, 1.54) is 37.1 Å². The fraction of sp³-hybridized carbons (Fsp3) is 0.538. The topological polar surface area (TPSA) is 25.8 Å². The average molecular weight is 266 g/mol. The van der Waals surface area contributed by atoms with E-state index in [0.29, 0.717) is 0 Å². The SMILES string of the molecule is CCCCCCCc1nc(-c2cscn2)cs1. The number of aryl methyl sites for hydroxylation is 1. The summed E-state index contributed by atoms with van der Waals surface area (Å²) in [5, 5.41) is 5.43. The average Bonchev–Trinajstić information content (AvgIpc) is 2.99.